The van der Waals surface area contributed by atoms with Crippen molar-refractivity contribution in [2.24, 2.45) is 10.9 Å². The molecule has 3 rings (SSSR count). The molecule has 7 heteroatoms. The molecule has 1 saturated heterocycles. The van der Waals surface area contributed by atoms with Gasteiger partial charge in [-0.1, -0.05) is 17.7 Å². The monoisotopic (exact) mass is 322 g/mol. The largest absolute Gasteiger partial charge is 0.335 e. The Morgan fingerprint density at radius 3 is 2.42 bits per heavy atom. The summed E-state index contributed by atoms with van der Waals surface area (Å²) in [5, 5.41) is 2.18. The molecule has 120 valence electrons. The lowest BCUT2D eigenvalue weighted by Crippen LogP contribution is -2.58. The SMILES string of the molecule is Cc1ccc(N2C(=O)NC(=O)[C@@H](C=Nc3ccncc3)C2=O)cc1. The van der Waals surface area contributed by atoms with Crippen molar-refractivity contribution in [2.75, 3.05) is 4.90 Å². The maximum absolute atomic E-state index is 12.6. The summed E-state index contributed by atoms with van der Waals surface area (Å²) >= 11 is 0. The Balaban J connectivity index is 1.88. The van der Waals surface area contributed by atoms with Crippen LogP contribution in [0, 0.1) is 12.8 Å². The molecule has 1 atom stereocenters. The van der Waals surface area contributed by atoms with E-state index in [-0.39, 0.29) is 0 Å². The van der Waals surface area contributed by atoms with Gasteiger partial charge in [0.1, 0.15) is 0 Å². The lowest BCUT2D eigenvalue weighted by atomic mass is 10.1. The van der Waals surface area contributed by atoms with Crippen LogP contribution in [-0.2, 0) is 9.59 Å². The van der Waals surface area contributed by atoms with Gasteiger partial charge in [0, 0.05) is 18.6 Å². The van der Waals surface area contributed by atoms with Crippen molar-refractivity contribution in [1.29, 1.82) is 0 Å². The van der Waals surface area contributed by atoms with Gasteiger partial charge in [-0.15, -0.1) is 0 Å². The Hall–Kier alpha value is -3.35. The molecule has 1 aromatic heterocycles. The van der Waals surface area contributed by atoms with Gasteiger partial charge in [-0.2, -0.15) is 0 Å². The van der Waals surface area contributed by atoms with Crippen molar-refractivity contribution in [2.45, 2.75) is 6.92 Å². The molecule has 1 aliphatic rings. The molecule has 4 amide bonds. The molecule has 2 aromatic rings. The number of anilines is 1. The zero-order valence-corrected chi connectivity index (χ0v) is 12.8. The third-order valence-electron chi connectivity index (χ3n) is 3.53. The Morgan fingerprint density at radius 1 is 1.08 bits per heavy atom. The van der Waals surface area contributed by atoms with E-state index in [0.717, 1.165) is 10.5 Å². The van der Waals surface area contributed by atoms with Crippen molar-refractivity contribution in [1.82, 2.24) is 10.3 Å². The number of carbonyl (C=O) groups excluding carboxylic acids is 3. The van der Waals surface area contributed by atoms with E-state index >= 15 is 0 Å². The van der Waals surface area contributed by atoms with E-state index in [1.165, 1.54) is 6.21 Å². The van der Waals surface area contributed by atoms with Gasteiger partial charge < -0.3 is 0 Å². The van der Waals surface area contributed by atoms with Crippen LogP contribution >= 0.6 is 0 Å². The second-order valence-corrected chi connectivity index (χ2v) is 5.26. The second-order valence-electron chi connectivity index (χ2n) is 5.26. The van der Waals surface area contributed by atoms with Gasteiger partial charge in [-0.25, -0.2) is 9.69 Å². The number of hydrogen-bond donors (Lipinski definition) is 1. The highest BCUT2D eigenvalue weighted by atomic mass is 16.2. The van der Waals surface area contributed by atoms with Crippen LogP contribution < -0.4 is 10.2 Å². The smallest absolute Gasteiger partial charge is 0.276 e. The molecule has 1 aliphatic heterocycles. The summed E-state index contributed by atoms with van der Waals surface area (Å²) in [4.78, 5) is 45.5. The van der Waals surface area contributed by atoms with Crippen LogP contribution in [-0.4, -0.2) is 29.0 Å². The summed E-state index contributed by atoms with van der Waals surface area (Å²) in [6.07, 6.45) is 4.34. The number of amides is 4. The maximum atomic E-state index is 12.6. The highest BCUT2D eigenvalue weighted by molar-refractivity contribution is 6.32. The van der Waals surface area contributed by atoms with Crippen molar-refractivity contribution in [3.63, 3.8) is 0 Å². The van der Waals surface area contributed by atoms with E-state index in [4.69, 9.17) is 0 Å². The van der Waals surface area contributed by atoms with Crippen LogP contribution in [0.5, 0.6) is 0 Å². The number of barbiturate groups is 1. The Labute approximate surface area is 138 Å². The van der Waals surface area contributed by atoms with Gasteiger partial charge >= 0.3 is 6.03 Å². The van der Waals surface area contributed by atoms with Crippen molar-refractivity contribution in [3.8, 4) is 0 Å². The van der Waals surface area contributed by atoms with Gasteiger partial charge in [-0.05, 0) is 31.2 Å². The molecule has 0 spiro atoms. The minimum atomic E-state index is -1.17. The standard InChI is InChI=1S/C17H14N4O3/c1-11-2-4-13(5-3-11)21-16(23)14(15(22)20-17(21)24)10-19-12-6-8-18-9-7-12/h2-10,14H,1H3,(H,20,22,24)/t14-/m1/s1. The molecule has 1 fully saturated rings. The number of aliphatic imine (C=N–C) groups is 1. The number of pyridine rings is 1. The number of aryl methyl sites for hydroxylation is 1. The van der Waals surface area contributed by atoms with E-state index in [0.29, 0.717) is 11.4 Å². The van der Waals surface area contributed by atoms with Crippen LogP contribution in [0.2, 0.25) is 0 Å². The summed E-state index contributed by atoms with van der Waals surface area (Å²) in [5.74, 6) is -2.49. The first-order valence-electron chi connectivity index (χ1n) is 7.26. The van der Waals surface area contributed by atoms with Crippen LogP contribution in [0.15, 0.2) is 53.8 Å². The van der Waals surface area contributed by atoms with Crippen LogP contribution in [0.25, 0.3) is 0 Å². The molecule has 1 N–H and O–H groups in total. The van der Waals surface area contributed by atoms with Crippen LogP contribution in [0.4, 0.5) is 16.2 Å². The first-order chi connectivity index (χ1) is 11.6. The average Bonchev–Trinajstić information content (AvgIpc) is 2.57. The number of rotatable bonds is 3. The highest BCUT2D eigenvalue weighted by Gasteiger charge is 2.40. The van der Waals surface area contributed by atoms with Gasteiger partial charge in [0.05, 0.1) is 11.4 Å². The Morgan fingerprint density at radius 2 is 1.75 bits per heavy atom. The lowest BCUT2D eigenvalue weighted by molar-refractivity contribution is -0.131. The fourth-order valence-electron chi connectivity index (χ4n) is 2.25. The molecule has 0 bridgehead atoms. The van der Waals surface area contributed by atoms with Crippen molar-refractivity contribution in [3.05, 3.63) is 54.4 Å². The predicted molar refractivity (Wildman–Crippen MR) is 88.1 cm³/mol. The van der Waals surface area contributed by atoms with Crippen LogP contribution in [0.3, 0.4) is 0 Å². The molecule has 0 unspecified atom stereocenters. The number of imide groups is 2. The molecule has 0 aliphatic carbocycles. The number of aromatic nitrogens is 1. The van der Waals surface area contributed by atoms with Gasteiger partial charge in [0.25, 0.3) is 5.91 Å². The molecular formula is C17H14N4O3. The number of nitrogens with zero attached hydrogens (tertiary/aromatic N) is 3. The predicted octanol–water partition coefficient (Wildman–Crippen LogP) is 1.99. The van der Waals surface area contributed by atoms with Crippen molar-refractivity contribution >= 4 is 35.4 Å². The summed E-state index contributed by atoms with van der Waals surface area (Å²) in [6, 6.07) is 9.40. The van der Waals surface area contributed by atoms with Gasteiger partial charge in [-0.3, -0.25) is 24.9 Å². The first-order valence-corrected chi connectivity index (χ1v) is 7.26. The van der Waals surface area contributed by atoms with E-state index in [1.54, 1.807) is 48.8 Å². The molecule has 0 radical (unpaired) electrons. The molecule has 7 nitrogen and oxygen atoms in total. The molecule has 1 aromatic carbocycles. The Kier molecular flexibility index (Phi) is 4.15. The summed E-state index contributed by atoms with van der Waals surface area (Å²) in [7, 11) is 0. The number of hydrogen-bond acceptors (Lipinski definition) is 5. The van der Waals surface area contributed by atoms with Crippen LogP contribution in [0.1, 0.15) is 5.56 Å². The third kappa shape index (κ3) is 3.05. The fraction of sp³-hybridized carbons (Fsp3) is 0.118. The molecule has 0 saturated carbocycles. The number of benzene rings is 1. The zero-order chi connectivity index (χ0) is 17.1. The summed E-state index contributed by atoms with van der Waals surface area (Å²) < 4.78 is 0. The summed E-state index contributed by atoms with van der Waals surface area (Å²) in [6.45, 7) is 1.90. The number of nitrogens with one attached hydrogen (secondary N) is 1. The zero-order valence-electron chi connectivity index (χ0n) is 12.8. The quantitative estimate of drug-likeness (QED) is 0.691. The fourth-order valence-corrected chi connectivity index (χ4v) is 2.25. The molecular weight excluding hydrogens is 308 g/mol. The van der Waals surface area contributed by atoms with E-state index in [9.17, 15) is 14.4 Å². The molecule has 2 heterocycles. The summed E-state index contributed by atoms with van der Waals surface area (Å²) in [5.41, 5.74) is 1.96. The second kappa shape index (κ2) is 6.41. The number of urea groups is 1. The van der Waals surface area contributed by atoms with E-state index < -0.39 is 23.8 Å². The Bertz CT molecular complexity index is 815. The molecule has 24 heavy (non-hydrogen) atoms. The lowest BCUT2D eigenvalue weighted by Gasteiger charge is -2.28. The van der Waals surface area contributed by atoms with E-state index in [2.05, 4.69) is 15.3 Å². The number of carbonyl (C=O) groups is 3. The van der Waals surface area contributed by atoms with Crippen molar-refractivity contribution < 1.29 is 14.4 Å². The normalized spacial score (nSPS) is 18.1. The maximum Gasteiger partial charge on any atom is 0.335 e. The topological polar surface area (TPSA) is 91.7 Å². The van der Waals surface area contributed by atoms with Gasteiger partial charge in [0.2, 0.25) is 5.91 Å². The third-order valence-corrected chi connectivity index (χ3v) is 3.53. The van der Waals surface area contributed by atoms with Gasteiger partial charge in [0.15, 0.2) is 5.92 Å². The minimum absolute atomic E-state index is 0.401. The minimum Gasteiger partial charge on any atom is -0.276 e. The first kappa shape index (κ1) is 15.5. The van der Waals surface area contributed by atoms with E-state index in [1.807, 2.05) is 6.92 Å². The average molecular weight is 322 g/mol. The highest BCUT2D eigenvalue weighted by Crippen LogP contribution is 2.21.